The van der Waals surface area contributed by atoms with Gasteiger partial charge in [-0.05, 0) is 47.0 Å². The molecular weight excluding hydrogens is 291 g/mol. The van der Waals surface area contributed by atoms with Crippen molar-refractivity contribution in [2.75, 3.05) is 14.2 Å². The minimum atomic E-state index is -0.255. The number of methoxy groups -OCH3 is 2. The molecule has 0 atom stereocenters. The Bertz CT molecular complexity index is 793. The van der Waals surface area contributed by atoms with Crippen LogP contribution < -0.4 is 9.47 Å². The van der Waals surface area contributed by atoms with E-state index in [0.29, 0.717) is 0 Å². The van der Waals surface area contributed by atoms with Gasteiger partial charge in [-0.25, -0.2) is 4.39 Å². The number of benzene rings is 3. The molecule has 3 aromatic rings. The van der Waals surface area contributed by atoms with E-state index in [1.807, 2.05) is 42.5 Å². The van der Waals surface area contributed by atoms with Gasteiger partial charge in [-0.1, -0.05) is 36.4 Å². The maximum absolute atomic E-state index is 13.2. The standard InChI is InChI=1S/C20H17FO2/c1-22-17-12-8-14(9-13-17)18-4-3-5-19(23-2)20(18)15-6-10-16(21)11-7-15/h3-13H,1-2H3. The molecule has 0 saturated carbocycles. The first kappa shape index (κ1) is 15.1. The number of hydrogen-bond donors (Lipinski definition) is 0. The van der Waals surface area contributed by atoms with E-state index in [2.05, 4.69) is 0 Å². The van der Waals surface area contributed by atoms with Gasteiger partial charge in [0.25, 0.3) is 0 Å². The third-order valence-electron chi connectivity index (χ3n) is 3.78. The highest BCUT2D eigenvalue weighted by atomic mass is 19.1. The third-order valence-corrected chi connectivity index (χ3v) is 3.78. The lowest BCUT2D eigenvalue weighted by atomic mass is 9.93. The van der Waals surface area contributed by atoms with E-state index in [1.54, 1.807) is 26.4 Å². The lowest BCUT2D eigenvalue weighted by molar-refractivity contribution is 0.415. The number of ether oxygens (including phenoxy) is 2. The van der Waals surface area contributed by atoms with Crippen LogP contribution in [0.4, 0.5) is 4.39 Å². The van der Waals surface area contributed by atoms with Crippen LogP contribution in [0.3, 0.4) is 0 Å². The van der Waals surface area contributed by atoms with Crippen LogP contribution in [0.5, 0.6) is 11.5 Å². The summed E-state index contributed by atoms with van der Waals surface area (Å²) < 4.78 is 24.0. The molecule has 3 heteroatoms. The van der Waals surface area contributed by atoms with Crippen molar-refractivity contribution < 1.29 is 13.9 Å². The summed E-state index contributed by atoms with van der Waals surface area (Å²) in [6, 6.07) is 20.2. The molecule has 0 saturated heterocycles. The molecule has 3 aromatic carbocycles. The van der Waals surface area contributed by atoms with Crippen molar-refractivity contribution in [2.24, 2.45) is 0 Å². The smallest absolute Gasteiger partial charge is 0.127 e. The van der Waals surface area contributed by atoms with Gasteiger partial charge in [-0.3, -0.25) is 0 Å². The molecule has 0 radical (unpaired) electrons. The van der Waals surface area contributed by atoms with E-state index < -0.39 is 0 Å². The Labute approximate surface area is 135 Å². The van der Waals surface area contributed by atoms with Crippen LogP contribution in [0.25, 0.3) is 22.3 Å². The summed E-state index contributed by atoms with van der Waals surface area (Å²) in [4.78, 5) is 0. The molecule has 0 aliphatic carbocycles. The summed E-state index contributed by atoms with van der Waals surface area (Å²) in [6.45, 7) is 0. The molecule has 0 aliphatic rings. The Morgan fingerprint density at radius 2 is 1.35 bits per heavy atom. The molecule has 0 aromatic heterocycles. The molecule has 3 rings (SSSR count). The topological polar surface area (TPSA) is 18.5 Å². The van der Waals surface area contributed by atoms with Crippen LogP contribution in [0.2, 0.25) is 0 Å². The van der Waals surface area contributed by atoms with Crippen LogP contribution in [0, 0.1) is 5.82 Å². The first-order chi connectivity index (χ1) is 11.2. The van der Waals surface area contributed by atoms with E-state index in [1.165, 1.54) is 12.1 Å². The maximum Gasteiger partial charge on any atom is 0.127 e. The zero-order valence-electron chi connectivity index (χ0n) is 13.0. The summed E-state index contributed by atoms with van der Waals surface area (Å²) >= 11 is 0. The SMILES string of the molecule is COc1ccc(-c2cccc(OC)c2-c2ccc(F)cc2)cc1. The van der Waals surface area contributed by atoms with Gasteiger partial charge in [0.2, 0.25) is 0 Å². The fourth-order valence-electron chi connectivity index (χ4n) is 2.63. The van der Waals surface area contributed by atoms with Crippen molar-refractivity contribution in [3.8, 4) is 33.8 Å². The molecule has 116 valence electrons. The number of hydrogen-bond acceptors (Lipinski definition) is 2. The van der Waals surface area contributed by atoms with E-state index >= 15 is 0 Å². The second kappa shape index (κ2) is 6.53. The van der Waals surface area contributed by atoms with Crippen molar-refractivity contribution in [3.05, 3.63) is 72.5 Å². The monoisotopic (exact) mass is 308 g/mol. The molecule has 0 bridgehead atoms. The van der Waals surface area contributed by atoms with Crippen molar-refractivity contribution in [1.29, 1.82) is 0 Å². The molecule has 2 nitrogen and oxygen atoms in total. The fraction of sp³-hybridized carbons (Fsp3) is 0.100. The molecule has 0 spiro atoms. The predicted octanol–water partition coefficient (Wildman–Crippen LogP) is 5.18. The second-order valence-corrected chi connectivity index (χ2v) is 5.12. The Balaban J connectivity index is 2.18. The van der Waals surface area contributed by atoms with Gasteiger partial charge >= 0.3 is 0 Å². The van der Waals surface area contributed by atoms with Gasteiger partial charge in [0.05, 0.1) is 14.2 Å². The summed E-state index contributed by atoms with van der Waals surface area (Å²) in [7, 11) is 3.28. The molecular formula is C20H17FO2. The molecule has 0 heterocycles. The third kappa shape index (κ3) is 3.04. The van der Waals surface area contributed by atoms with Gasteiger partial charge in [-0.2, -0.15) is 0 Å². The Morgan fingerprint density at radius 3 is 1.96 bits per heavy atom. The fourth-order valence-corrected chi connectivity index (χ4v) is 2.63. The van der Waals surface area contributed by atoms with Gasteiger partial charge in [0.15, 0.2) is 0 Å². The Kier molecular flexibility index (Phi) is 4.29. The lowest BCUT2D eigenvalue weighted by Crippen LogP contribution is -1.92. The van der Waals surface area contributed by atoms with Gasteiger partial charge in [0.1, 0.15) is 17.3 Å². The minimum absolute atomic E-state index is 0.255. The zero-order valence-corrected chi connectivity index (χ0v) is 13.0. The van der Waals surface area contributed by atoms with Crippen molar-refractivity contribution >= 4 is 0 Å². The van der Waals surface area contributed by atoms with Crippen molar-refractivity contribution in [1.82, 2.24) is 0 Å². The minimum Gasteiger partial charge on any atom is -0.497 e. The average Bonchev–Trinajstić information content (AvgIpc) is 2.62. The zero-order chi connectivity index (χ0) is 16.2. The van der Waals surface area contributed by atoms with E-state index in [9.17, 15) is 4.39 Å². The lowest BCUT2D eigenvalue weighted by Gasteiger charge is -2.15. The quantitative estimate of drug-likeness (QED) is 0.661. The summed E-state index contributed by atoms with van der Waals surface area (Å²) in [6.07, 6.45) is 0. The highest BCUT2D eigenvalue weighted by Gasteiger charge is 2.13. The van der Waals surface area contributed by atoms with E-state index in [0.717, 1.165) is 33.8 Å². The van der Waals surface area contributed by atoms with Crippen LogP contribution in [0.1, 0.15) is 0 Å². The van der Waals surface area contributed by atoms with Crippen molar-refractivity contribution in [2.45, 2.75) is 0 Å². The van der Waals surface area contributed by atoms with E-state index in [-0.39, 0.29) is 5.82 Å². The molecule has 0 fully saturated rings. The Morgan fingerprint density at radius 1 is 0.696 bits per heavy atom. The highest BCUT2D eigenvalue weighted by molar-refractivity contribution is 5.87. The number of halogens is 1. The molecule has 23 heavy (non-hydrogen) atoms. The van der Waals surface area contributed by atoms with Crippen molar-refractivity contribution in [3.63, 3.8) is 0 Å². The molecule has 0 N–H and O–H groups in total. The summed E-state index contributed by atoms with van der Waals surface area (Å²) in [5.74, 6) is 1.31. The van der Waals surface area contributed by atoms with E-state index in [4.69, 9.17) is 9.47 Å². The molecule has 0 amide bonds. The maximum atomic E-state index is 13.2. The van der Waals surface area contributed by atoms with Gasteiger partial charge in [0, 0.05) is 5.56 Å². The first-order valence-corrected chi connectivity index (χ1v) is 7.30. The van der Waals surface area contributed by atoms with Crippen LogP contribution in [-0.4, -0.2) is 14.2 Å². The van der Waals surface area contributed by atoms with Crippen LogP contribution >= 0.6 is 0 Å². The van der Waals surface area contributed by atoms with Crippen LogP contribution in [-0.2, 0) is 0 Å². The van der Waals surface area contributed by atoms with Gasteiger partial charge in [-0.15, -0.1) is 0 Å². The molecule has 0 aliphatic heterocycles. The number of rotatable bonds is 4. The Hall–Kier alpha value is -2.81. The second-order valence-electron chi connectivity index (χ2n) is 5.12. The summed E-state index contributed by atoms with van der Waals surface area (Å²) in [5.41, 5.74) is 3.93. The highest BCUT2D eigenvalue weighted by Crippen LogP contribution is 2.39. The molecule has 0 unspecified atom stereocenters. The van der Waals surface area contributed by atoms with Crippen LogP contribution in [0.15, 0.2) is 66.7 Å². The predicted molar refractivity (Wildman–Crippen MR) is 90.4 cm³/mol. The normalized spacial score (nSPS) is 10.4. The largest absolute Gasteiger partial charge is 0.497 e. The summed E-state index contributed by atoms with van der Waals surface area (Å²) in [5, 5.41) is 0. The van der Waals surface area contributed by atoms with Gasteiger partial charge < -0.3 is 9.47 Å². The first-order valence-electron chi connectivity index (χ1n) is 7.30. The average molecular weight is 308 g/mol.